The summed E-state index contributed by atoms with van der Waals surface area (Å²) in [6.45, 7) is 4.45. The van der Waals surface area contributed by atoms with Crippen molar-refractivity contribution < 1.29 is 0 Å². The molecular formula is C5H11ClN2S. The van der Waals surface area contributed by atoms with Crippen LogP contribution in [0.15, 0.2) is 0 Å². The van der Waals surface area contributed by atoms with Gasteiger partial charge in [0.2, 0.25) is 0 Å². The number of nitrogens with zero attached hydrogens (tertiary/aromatic N) is 2. The molecule has 0 aromatic rings. The van der Waals surface area contributed by atoms with Crippen LogP contribution in [0.4, 0.5) is 0 Å². The average Bonchev–Trinajstić information content (AvgIpc) is 1.90. The van der Waals surface area contributed by atoms with Crippen molar-refractivity contribution in [3.8, 4) is 0 Å². The molecule has 0 spiro atoms. The van der Waals surface area contributed by atoms with Crippen molar-refractivity contribution in [1.29, 1.82) is 0 Å². The molecule has 0 bridgehead atoms. The Morgan fingerprint density at radius 1 is 1.22 bits per heavy atom. The van der Waals surface area contributed by atoms with Gasteiger partial charge in [0.1, 0.15) is 0 Å². The largest absolute Gasteiger partial charge is 0.304 e. The summed E-state index contributed by atoms with van der Waals surface area (Å²) in [6, 6.07) is 0. The predicted octanol–water partition coefficient (Wildman–Crippen LogP) is 1.04. The molecule has 0 atom stereocenters. The Morgan fingerprint density at radius 3 is 2.22 bits per heavy atom. The Labute approximate surface area is 64.8 Å². The van der Waals surface area contributed by atoms with Crippen molar-refractivity contribution in [2.45, 2.75) is 0 Å². The molecule has 1 heterocycles. The molecule has 1 rings (SSSR count). The van der Waals surface area contributed by atoms with Crippen LogP contribution < -0.4 is 0 Å². The van der Waals surface area contributed by atoms with Crippen molar-refractivity contribution in [1.82, 2.24) is 9.21 Å². The molecule has 0 unspecified atom stereocenters. The standard InChI is InChI=1S/C5H11ClN2S/c1-7-2-4-8(9-6)5-3-7/h2-5H2,1H3. The molecule has 1 aliphatic rings. The first-order valence-corrected chi connectivity index (χ1v) is 4.65. The van der Waals surface area contributed by atoms with E-state index in [2.05, 4.69) is 16.3 Å². The predicted molar refractivity (Wildman–Crippen MR) is 42.5 cm³/mol. The summed E-state index contributed by atoms with van der Waals surface area (Å²) in [5, 5.41) is 0. The molecule has 0 amide bonds. The van der Waals surface area contributed by atoms with Crippen LogP contribution in [-0.4, -0.2) is 42.4 Å². The third-order valence-corrected chi connectivity index (χ3v) is 2.71. The molecule has 1 aliphatic heterocycles. The smallest absolute Gasteiger partial charge is 0.0308 e. The van der Waals surface area contributed by atoms with Crippen molar-refractivity contribution in [3.05, 3.63) is 0 Å². The highest BCUT2D eigenvalue weighted by atomic mass is 35.7. The number of hydrogen-bond donors (Lipinski definition) is 0. The minimum Gasteiger partial charge on any atom is -0.304 e. The van der Waals surface area contributed by atoms with Gasteiger partial charge in [0.05, 0.1) is 0 Å². The van der Waals surface area contributed by atoms with Gasteiger partial charge in [0.15, 0.2) is 0 Å². The molecule has 0 N–H and O–H groups in total. The molecule has 0 aromatic carbocycles. The van der Waals surface area contributed by atoms with Gasteiger partial charge >= 0.3 is 0 Å². The number of rotatable bonds is 1. The molecule has 0 saturated carbocycles. The summed E-state index contributed by atoms with van der Waals surface area (Å²) < 4.78 is 2.17. The minimum atomic E-state index is 1.09. The first kappa shape index (κ1) is 7.66. The number of likely N-dealkylation sites (N-methyl/N-ethyl adjacent to an activating group) is 1. The van der Waals surface area contributed by atoms with Crippen LogP contribution in [0.2, 0.25) is 0 Å². The summed E-state index contributed by atoms with van der Waals surface area (Å²) >= 11 is 1.33. The van der Waals surface area contributed by atoms with Gasteiger partial charge in [-0.1, -0.05) is 0 Å². The van der Waals surface area contributed by atoms with Crippen LogP contribution in [0.3, 0.4) is 0 Å². The molecule has 0 radical (unpaired) electrons. The van der Waals surface area contributed by atoms with Crippen molar-refractivity contribution >= 4 is 21.8 Å². The van der Waals surface area contributed by atoms with E-state index in [1.807, 2.05) is 0 Å². The maximum Gasteiger partial charge on any atom is 0.0308 e. The molecule has 0 aromatic heterocycles. The van der Waals surface area contributed by atoms with Gasteiger partial charge in [-0.3, -0.25) is 0 Å². The second kappa shape index (κ2) is 3.66. The first-order valence-electron chi connectivity index (χ1n) is 3.05. The zero-order chi connectivity index (χ0) is 6.69. The van der Waals surface area contributed by atoms with Gasteiger partial charge < -0.3 is 4.90 Å². The van der Waals surface area contributed by atoms with E-state index in [9.17, 15) is 0 Å². The van der Waals surface area contributed by atoms with Crippen LogP contribution in [0.1, 0.15) is 0 Å². The number of piperazine rings is 1. The zero-order valence-corrected chi connectivity index (χ0v) is 7.08. The molecule has 1 saturated heterocycles. The van der Waals surface area contributed by atoms with Crippen LogP contribution in [0.5, 0.6) is 0 Å². The Balaban J connectivity index is 2.18. The molecular weight excluding hydrogens is 156 g/mol. The highest BCUT2D eigenvalue weighted by Gasteiger charge is 2.12. The number of halogens is 1. The van der Waals surface area contributed by atoms with Crippen molar-refractivity contribution in [3.63, 3.8) is 0 Å². The molecule has 1 fully saturated rings. The van der Waals surface area contributed by atoms with Gasteiger partial charge in [-0.15, -0.1) is 0 Å². The van der Waals surface area contributed by atoms with Gasteiger partial charge in [0, 0.05) is 37.3 Å². The third kappa shape index (κ3) is 2.34. The van der Waals surface area contributed by atoms with Crippen LogP contribution in [0.25, 0.3) is 0 Å². The van der Waals surface area contributed by atoms with E-state index in [1.54, 1.807) is 0 Å². The van der Waals surface area contributed by atoms with Crippen molar-refractivity contribution in [2.24, 2.45) is 0 Å². The van der Waals surface area contributed by atoms with Crippen LogP contribution >= 0.6 is 21.8 Å². The normalized spacial score (nSPS) is 24.7. The van der Waals surface area contributed by atoms with Gasteiger partial charge in [-0.25, -0.2) is 4.31 Å². The third-order valence-electron chi connectivity index (χ3n) is 1.56. The number of hydrogen-bond acceptors (Lipinski definition) is 3. The quantitative estimate of drug-likeness (QED) is 0.538. The summed E-state index contributed by atoms with van der Waals surface area (Å²) in [6.07, 6.45) is 0. The fraction of sp³-hybridized carbons (Fsp3) is 1.00. The summed E-state index contributed by atoms with van der Waals surface area (Å²) in [5.74, 6) is 0. The van der Waals surface area contributed by atoms with E-state index >= 15 is 0 Å². The van der Waals surface area contributed by atoms with Gasteiger partial charge in [-0.2, -0.15) is 0 Å². The Bertz CT molecular complexity index is 83.0. The Kier molecular flexibility index (Phi) is 3.12. The van der Waals surface area contributed by atoms with Gasteiger partial charge in [-0.05, 0) is 17.7 Å². The van der Waals surface area contributed by atoms with Crippen LogP contribution in [0, 0.1) is 0 Å². The van der Waals surface area contributed by atoms with E-state index in [4.69, 9.17) is 10.7 Å². The lowest BCUT2D eigenvalue weighted by atomic mass is 10.4. The fourth-order valence-electron chi connectivity index (χ4n) is 0.857. The SMILES string of the molecule is CN1CCN(SCl)CC1. The van der Waals surface area contributed by atoms with E-state index in [0.29, 0.717) is 0 Å². The monoisotopic (exact) mass is 166 g/mol. The van der Waals surface area contributed by atoms with Crippen molar-refractivity contribution in [2.75, 3.05) is 33.2 Å². The zero-order valence-electron chi connectivity index (χ0n) is 5.51. The van der Waals surface area contributed by atoms with E-state index in [0.717, 1.165) is 26.2 Å². The maximum absolute atomic E-state index is 5.55. The second-order valence-electron chi connectivity index (χ2n) is 2.30. The van der Waals surface area contributed by atoms with E-state index in [1.165, 1.54) is 11.2 Å². The average molecular weight is 167 g/mol. The first-order chi connectivity index (χ1) is 4.33. The Hall–Kier alpha value is 0.560. The molecule has 9 heavy (non-hydrogen) atoms. The topological polar surface area (TPSA) is 6.48 Å². The summed E-state index contributed by atoms with van der Waals surface area (Å²) in [4.78, 5) is 2.31. The van der Waals surface area contributed by atoms with Gasteiger partial charge in [0.25, 0.3) is 0 Å². The van der Waals surface area contributed by atoms with E-state index < -0.39 is 0 Å². The fourth-order valence-corrected chi connectivity index (χ4v) is 1.57. The highest BCUT2D eigenvalue weighted by Crippen LogP contribution is 2.15. The Morgan fingerprint density at radius 2 is 1.78 bits per heavy atom. The lowest BCUT2D eigenvalue weighted by Crippen LogP contribution is -2.40. The lowest BCUT2D eigenvalue weighted by Gasteiger charge is -2.29. The van der Waals surface area contributed by atoms with Crippen LogP contribution in [-0.2, 0) is 0 Å². The summed E-state index contributed by atoms with van der Waals surface area (Å²) in [5.41, 5.74) is 0. The molecule has 2 nitrogen and oxygen atoms in total. The summed E-state index contributed by atoms with van der Waals surface area (Å²) in [7, 11) is 7.69. The molecule has 0 aliphatic carbocycles. The molecule has 54 valence electrons. The molecule has 4 heteroatoms. The second-order valence-corrected chi connectivity index (χ2v) is 3.37. The minimum absolute atomic E-state index is 1.09. The maximum atomic E-state index is 5.55. The lowest BCUT2D eigenvalue weighted by molar-refractivity contribution is 0.234. The van der Waals surface area contributed by atoms with E-state index in [-0.39, 0.29) is 0 Å². The highest BCUT2D eigenvalue weighted by molar-refractivity contribution is 8.19.